The zero-order chi connectivity index (χ0) is 14.2. The minimum Gasteiger partial charge on any atom is -0.256 e. The van der Waals surface area contributed by atoms with E-state index in [1.54, 1.807) is 0 Å². The smallest absolute Gasteiger partial charge is 0.0810 e. The van der Waals surface area contributed by atoms with Crippen molar-refractivity contribution >= 4 is 11.4 Å². The number of rotatable bonds is 1. The predicted octanol–water partition coefficient (Wildman–Crippen LogP) is 4.54. The molecule has 0 bridgehead atoms. The van der Waals surface area contributed by atoms with Gasteiger partial charge in [-0.05, 0) is 31.2 Å². The highest BCUT2D eigenvalue weighted by Gasteiger charge is 2.25. The normalized spacial score (nSPS) is 14.0. The third-order valence-electron chi connectivity index (χ3n) is 3.78. The highest BCUT2D eigenvalue weighted by molar-refractivity contribution is 6.24. The molecule has 2 aromatic carbocycles. The molecular formula is C19H14N2. The van der Waals surface area contributed by atoms with E-state index in [9.17, 15) is 0 Å². The molecule has 0 amide bonds. The standard InChI is InChI=1S/C19H14N2/c1-13-8-10-14(11-9-13)21-19-16-6-3-2-5-15(16)18-17(19)7-4-12-20-18/h2-12H,1H3. The second kappa shape index (κ2) is 4.67. The Hall–Kier alpha value is -2.74. The minimum absolute atomic E-state index is 0.974. The van der Waals surface area contributed by atoms with Crippen LogP contribution in [0.5, 0.6) is 0 Å². The number of fused-ring (bicyclic) bond motifs is 3. The largest absolute Gasteiger partial charge is 0.256 e. The lowest BCUT2D eigenvalue weighted by atomic mass is 10.1. The molecule has 4 rings (SSSR count). The zero-order valence-electron chi connectivity index (χ0n) is 11.7. The summed E-state index contributed by atoms with van der Waals surface area (Å²) in [5.41, 5.74) is 7.69. The second-order valence-electron chi connectivity index (χ2n) is 5.24. The van der Waals surface area contributed by atoms with Crippen LogP contribution in [0.4, 0.5) is 5.69 Å². The van der Waals surface area contributed by atoms with Crippen molar-refractivity contribution in [2.24, 2.45) is 4.99 Å². The Morgan fingerprint density at radius 3 is 2.29 bits per heavy atom. The van der Waals surface area contributed by atoms with Crippen molar-refractivity contribution in [3.05, 3.63) is 83.6 Å². The molecule has 0 N–H and O–H groups in total. The molecule has 0 unspecified atom stereocenters. The van der Waals surface area contributed by atoms with Gasteiger partial charge in [0.2, 0.25) is 0 Å². The molecule has 21 heavy (non-hydrogen) atoms. The van der Waals surface area contributed by atoms with Crippen molar-refractivity contribution in [2.45, 2.75) is 6.92 Å². The quantitative estimate of drug-likeness (QED) is 0.498. The van der Waals surface area contributed by atoms with Gasteiger partial charge in [0, 0.05) is 22.9 Å². The maximum Gasteiger partial charge on any atom is 0.0810 e. The van der Waals surface area contributed by atoms with Crippen molar-refractivity contribution < 1.29 is 0 Å². The SMILES string of the molecule is Cc1ccc(N=C2c3ccccc3-c3ncccc32)cc1. The van der Waals surface area contributed by atoms with Crippen LogP contribution in [0.3, 0.4) is 0 Å². The molecule has 100 valence electrons. The summed E-state index contributed by atoms with van der Waals surface area (Å²) >= 11 is 0. The summed E-state index contributed by atoms with van der Waals surface area (Å²) in [4.78, 5) is 9.38. The molecular weight excluding hydrogens is 256 g/mol. The lowest BCUT2D eigenvalue weighted by Crippen LogP contribution is -1.97. The number of aryl methyl sites for hydroxylation is 1. The summed E-state index contributed by atoms with van der Waals surface area (Å²) in [7, 11) is 0. The maximum atomic E-state index is 4.86. The number of nitrogens with zero attached hydrogens (tertiary/aromatic N) is 2. The molecule has 0 radical (unpaired) electrons. The van der Waals surface area contributed by atoms with Gasteiger partial charge in [0.05, 0.1) is 17.1 Å². The summed E-state index contributed by atoms with van der Waals surface area (Å²) in [5.74, 6) is 0. The van der Waals surface area contributed by atoms with Gasteiger partial charge in [-0.3, -0.25) is 4.98 Å². The highest BCUT2D eigenvalue weighted by Crippen LogP contribution is 2.36. The minimum atomic E-state index is 0.974. The van der Waals surface area contributed by atoms with Gasteiger partial charge >= 0.3 is 0 Å². The highest BCUT2D eigenvalue weighted by atomic mass is 14.8. The summed E-state index contributed by atoms with van der Waals surface area (Å²) in [6, 6.07) is 20.7. The fourth-order valence-electron chi connectivity index (χ4n) is 2.72. The zero-order valence-corrected chi connectivity index (χ0v) is 11.7. The summed E-state index contributed by atoms with van der Waals surface area (Å²) in [6.07, 6.45) is 1.84. The van der Waals surface area contributed by atoms with Crippen molar-refractivity contribution in [1.82, 2.24) is 4.98 Å². The molecule has 3 aromatic rings. The van der Waals surface area contributed by atoms with Crippen LogP contribution in [-0.2, 0) is 0 Å². The van der Waals surface area contributed by atoms with Gasteiger partial charge < -0.3 is 0 Å². The van der Waals surface area contributed by atoms with Gasteiger partial charge in [0.25, 0.3) is 0 Å². The van der Waals surface area contributed by atoms with E-state index in [1.807, 2.05) is 18.3 Å². The Balaban J connectivity index is 1.94. The van der Waals surface area contributed by atoms with Crippen LogP contribution >= 0.6 is 0 Å². The van der Waals surface area contributed by atoms with Crippen LogP contribution in [0.1, 0.15) is 16.7 Å². The Morgan fingerprint density at radius 1 is 0.762 bits per heavy atom. The Labute approximate surface area is 123 Å². The molecule has 0 saturated heterocycles. The van der Waals surface area contributed by atoms with Crippen molar-refractivity contribution in [1.29, 1.82) is 0 Å². The van der Waals surface area contributed by atoms with E-state index in [0.29, 0.717) is 0 Å². The van der Waals surface area contributed by atoms with Gasteiger partial charge in [-0.25, -0.2) is 4.99 Å². The Kier molecular flexibility index (Phi) is 2.68. The molecule has 2 nitrogen and oxygen atoms in total. The van der Waals surface area contributed by atoms with E-state index in [-0.39, 0.29) is 0 Å². The number of pyridine rings is 1. The topological polar surface area (TPSA) is 25.2 Å². The molecule has 1 heterocycles. The maximum absolute atomic E-state index is 4.86. The number of benzene rings is 2. The van der Waals surface area contributed by atoms with E-state index in [0.717, 1.165) is 28.2 Å². The van der Waals surface area contributed by atoms with Gasteiger partial charge in [-0.2, -0.15) is 0 Å². The molecule has 0 saturated carbocycles. The van der Waals surface area contributed by atoms with Gasteiger partial charge in [0.15, 0.2) is 0 Å². The van der Waals surface area contributed by atoms with E-state index >= 15 is 0 Å². The number of hydrogen-bond donors (Lipinski definition) is 0. The van der Waals surface area contributed by atoms with Gasteiger partial charge in [-0.1, -0.05) is 42.0 Å². The third-order valence-corrected chi connectivity index (χ3v) is 3.78. The first-order chi connectivity index (χ1) is 10.3. The molecule has 0 spiro atoms. The van der Waals surface area contributed by atoms with Crippen LogP contribution in [0.2, 0.25) is 0 Å². The number of hydrogen-bond acceptors (Lipinski definition) is 2. The van der Waals surface area contributed by atoms with Crippen LogP contribution in [-0.4, -0.2) is 10.7 Å². The molecule has 1 aliphatic rings. The Bertz CT molecular complexity index is 798. The van der Waals surface area contributed by atoms with Crippen LogP contribution in [0, 0.1) is 6.92 Å². The molecule has 1 aromatic heterocycles. The lowest BCUT2D eigenvalue weighted by Gasteiger charge is -2.02. The lowest BCUT2D eigenvalue weighted by molar-refractivity contribution is 1.33. The molecule has 0 fully saturated rings. The number of aromatic nitrogens is 1. The van der Waals surface area contributed by atoms with Gasteiger partial charge in [-0.15, -0.1) is 0 Å². The van der Waals surface area contributed by atoms with Gasteiger partial charge in [0.1, 0.15) is 0 Å². The predicted molar refractivity (Wildman–Crippen MR) is 86.2 cm³/mol. The molecule has 0 atom stereocenters. The van der Waals surface area contributed by atoms with Crippen LogP contribution in [0.25, 0.3) is 11.3 Å². The summed E-state index contributed by atoms with van der Waals surface area (Å²) < 4.78 is 0. The van der Waals surface area contributed by atoms with E-state index in [4.69, 9.17) is 4.99 Å². The fourth-order valence-corrected chi connectivity index (χ4v) is 2.72. The van der Waals surface area contributed by atoms with Crippen LogP contribution < -0.4 is 0 Å². The van der Waals surface area contributed by atoms with Crippen LogP contribution in [0.15, 0.2) is 71.9 Å². The first kappa shape index (κ1) is 12.0. The molecule has 1 aliphatic carbocycles. The second-order valence-corrected chi connectivity index (χ2v) is 5.24. The molecule has 2 heteroatoms. The van der Waals surface area contributed by atoms with E-state index < -0.39 is 0 Å². The average molecular weight is 270 g/mol. The van der Waals surface area contributed by atoms with Crippen molar-refractivity contribution in [3.8, 4) is 11.3 Å². The summed E-state index contributed by atoms with van der Waals surface area (Å²) in [6.45, 7) is 2.08. The first-order valence-corrected chi connectivity index (χ1v) is 7.03. The first-order valence-electron chi connectivity index (χ1n) is 7.03. The average Bonchev–Trinajstić information content (AvgIpc) is 2.85. The summed E-state index contributed by atoms with van der Waals surface area (Å²) in [5, 5.41) is 0. The van der Waals surface area contributed by atoms with E-state index in [1.165, 1.54) is 11.1 Å². The van der Waals surface area contributed by atoms with Crippen molar-refractivity contribution in [3.63, 3.8) is 0 Å². The third kappa shape index (κ3) is 1.96. The monoisotopic (exact) mass is 270 g/mol. The van der Waals surface area contributed by atoms with E-state index in [2.05, 4.69) is 60.4 Å². The Morgan fingerprint density at radius 2 is 1.48 bits per heavy atom. The molecule has 0 aliphatic heterocycles. The number of aliphatic imine (C=N–C) groups is 1. The van der Waals surface area contributed by atoms with Crippen molar-refractivity contribution in [2.75, 3.05) is 0 Å². The fraction of sp³-hybridized carbons (Fsp3) is 0.0526.